The molecule has 1 heterocycles. The van der Waals surface area contributed by atoms with Crippen LogP contribution in [-0.4, -0.2) is 11.9 Å². The van der Waals surface area contributed by atoms with Crippen LogP contribution in [0.3, 0.4) is 0 Å². The number of hydrogen-bond donors (Lipinski definition) is 0. The summed E-state index contributed by atoms with van der Waals surface area (Å²) in [6.07, 6.45) is 2.05. The van der Waals surface area contributed by atoms with E-state index in [-0.39, 0.29) is 11.9 Å². The molecule has 1 aliphatic rings. The molecule has 15 heavy (non-hydrogen) atoms. The molecule has 0 radical (unpaired) electrons. The predicted octanol–water partition coefficient (Wildman–Crippen LogP) is 3.12. The maximum absolute atomic E-state index is 5.75. The molecule has 2 rings (SSSR count). The van der Waals surface area contributed by atoms with Crippen LogP contribution in [0.4, 0.5) is 0 Å². The van der Waals surface area contributed by atoms with Gasteiger partial charge in [-0.15, -0.1) is 0 Å². The molecule has 0 saturated carbocycles. The van der Waals surface area contributed by atoms with E-state index in [1.54, 1.807) is 0 Å². The van der Waals surface area contributed by atoms with Gasteiger partial charge in [0, 0.05) is 6.42 Å². The summed E-state index contributed by atoms with van der Waals surface area (Å²) in [5, 5.41) is 0. The van der Waals surface area contributed by atoms with E-state index < -0.39 is 0 Å². The molecule has 2 nitrogen and oxygen atoms in total. The second-order valence-electron chi connectivity index (χ2n) is 4.64. The third-order valence-corrected chi connectivity index (χ3v) is 2.71. The summed E-state index contributed by atoms with van der Waals surface area (Å²) in [5.74, 6) is 0. The molecule has 1 saturated heterocycles. The number of benzene rings is 1. The molecule has 0 aromatic heterocycles. The highest BCUT2D eigenvalue weighted by atomic mass is 16.7. The van der Waals surface area contributed by atoms with Crippen LogP contribution in [0, 0.1) is 0 Å². The largest absolute Gasteiger partial charge is 0.348 e. The first-order valence-electron chi connectivity index (χ1n) is 5.49. The highest BCUT2D eigenvalue weighted by Gasteiger charge is 2.31. The van der Waals surface area contributed by atoms with Crippen molar-refractivity contribution >= 4 is 0 Å². The first kappa shape index (κ1) is 10.7. The van der Waals surface area contributed by atoms with E-state index in [2.05, 4.69) is 26.0 Å². The van der Waals surface area contributed by atoms with Crippen molar-refractivity contribution in [2.45, 2.75) is 45.2 Å². The van der Waals surface area contributed by atoms with Gasteiger partial charge < -0.3 is 9.47 Å². The minimum absolute atomic E-state index is 0.0125. The van der Waals surface area contributed by atoms with Crippen LogP contribution in [0.15, 0.2) is 30.3 Å². The highest BCUT2D eigenvalue weighted by Crippen LogP contribution is 2.30. The Morgan fingerprint density at radius 2 is 2.07 bits per heavy atom. The van der Waals surface area contributed by atoms with Crippen LogP contribution in [0.5, 0.6) is 0 Å². The highest BCUT2D eigenvalue weighted by molar-refractivity contribution is 5.13. The molecular formula is C13H18O2. The fraction of sp³-hybridized carbons (Fsp3) is 0.538. The Hall–Kier alpha value is -0.860. The average Bonchev–Trinajstić information content (AvgIpc) is 2.57. The second kappa shape index (κ2) is 4.33. The third-order valence-electron chi connectivity index (χ3n) is 2.71. The Kier molecular flexibility index (Phi) is 3.08. The van der Waals surface area contributed by atoms with Crippen LogP contribution >= 0.6 is 0 Å². The van der Waals surface area contributed by atoms with Crippen molar-refractivity contribution in [1.29, 1.82) is 0 Å². The van der Waals surface area contributed by atoms with E-state index >= 15 is 0 Å². The summed E-state index contributed by atoms with van der Waals surface area (Å²) in [6, 6.07) is 10.2. The van der Waals surface area contributed by atoms with Crippen LogP contribution in [0.2, 0.25) is 0 Å². The van der Waals surface area contributed by atoms with Gasteiger partial charge in [-0.2, -0.15) is 0 Å². The lowest BCUT2D eigenvalue weighted by Gasteiger charge is -2.19. The molecular weight excluding hydrogens is 188 g/mol. The summed E-state index contributed by atoms with van der Waals surface area (Å²) < 4.78 is 11.5. The average molecular weight is 206 g/mol. The summed E-state index contributed by atoms with van der Waals surface area (Å²) in [6.45, 7) is 4.86. The molecule has 2 heteroatoms. The zero-order valence-electron chi connectivity index (χ0n) is 9.40. The van der Waals surface area contributed by atoms with E-state index in [9.17, 15) is 0 Å². The van der Waals surface area contributed by atoms with Crippen molar-refractivity contribution in [3.63, 3.8) is 0 Å². The van der Waals surface area contributed by atoms with Crippen LogP contribution in [0.1, 0.15) is 32.3 Å². The normalized spacial score (nSPS) is 24.3. The molecule has 0 N–H and O–H groups in total. The quantitative estimate of drug-likeness (QED) is 0.756. The Bertz CT molecular complexity index is 306. The van der Waals surface area contributed by atoms with Gasteiger partial charge in [0.2, 0.25) is 0 Å². The molecule has 1 aromatic rings. The fourth-order valence-corrected chi connectivity index (χ4v) is 1.82. The molecule has 0 aliphatic carbocycles. The summed E-state index contributed by atoms with van der Waals surface area (Å²) in [7, 11) is 0. The Morgan fingerprint density at radius 1 is 1.33 bits per heavy atom. The van der Waals surface area contributed by atoms with Gasteiger partial charge in [0.25, 0.3) is 0 Å². The lowest BCUT2D eigenvalue weighted by atomic mass is 10.1. The van der Waals surface area contributed by atoms with Gasteiger partial charge in [-0.3, -0.25) is 0 Å². The minimum atomic E-state index is -0.0276. The van der Waals surface area contributed by atoms with Gasteiger partial charge in [0.15, 0.2) is 6.29 Å². The van der Waals surface area contributed by atoms with Gasteiger partial charge in [0.1, 0.15) is 0 Å². The van der Waals surface area contributed by atoms with Crippen molar-refractivity contribution in [3.05, 3.63) is 35.9 Å². The van der Waals surface area contributed by atoms with Gasteiger partial charge in [0.05, 0.1) is 12.2 Å². The zero-order valence-corrected chi connectivity index (χ0v) is 9.40. The van der Waals surface area contributed by atoms with Gasteiger partial charge in [-0.1, -0.05) is 30.3 Å². The van der Waals surface area contributed by atoms with E-state index in [0.717, 1.165) is 12.8 Å². The Balaban J connectivity index is 1.80. The predicted molar refractivity (Wildman–Crippen MR) is 59.4 cm³/mol. The Morgan fingerprint density at radius 3 is 2.67 bits per heavy atom. The van der Waals surface area contributed by atoms with Gasteiger partial charge in [-0.05, 0) is 25.8 Å². The zero-order chi connectivity index (χ0) is 10.7. The summed E-state index contributed by atoms with van der Waals surface area (Å²) >= 11 is 0. The van der Waals surface area contributed by atoms with Crippen molar-refractivity contribution in [2.24, 2.45) is 0 Å². The third kappa shape index (κ3) is 3.05. The lowest BCUT2D eigenvalue weighted by molar-refractivity contribution is -0.164. The molecule has 1 aliphatic heterocycles. The molecule has 1 atom stereocenters. The van der Waals surface area contributed by atoms with E-state index in [4.69, 9.17) is 9.47 Å². The van der Waals surface area contributed by atoms with Crippen LogP contribution in [0.25, 0.3) is 0 Å². The molecule has 0 amide bonds. The standard InChI is InChI=1S/C13H18O2/c1-13(2)9-8-12(15-13)14-10-11-6-4-3-5-7-11/h3-7,12H,8-10H2,1-2H3. The molecule has 1 unspecified atom stereocenters. The molecule has 0 spiro atoms. The summed E-state index contributed by atoms with van der Waals surface area (Å²) in [5.41, 5.74) is 1.19. The van der Waals surface area contributed by atoms with Crippen LogP contribution in [-0.2, 0) is 16.1 Å². The maximum Gasteiger partial charge on any atom is 0.158 e. The first-order chi connectivity index (χ1) is 7.16. The van der Waals surface area contributed by atoms with Crippen molar-refractivity contribution in [1.82, 2.24) is 0 Å². The molecule has 1 fully saturated rings. The Labute approximate surface area is 91.2 Å². The first-order valence-corrected chi connectivity index (χ1v) is 5.49. The molecule has 1 aromatic carbocycles. The topological polar surface area (TPSA) is 18.5 Å². The number of rotatable bonds is 3. The van der Waals surface area contributed by atoms with Crippen LogP contribution < -0.4 is 0 Å². The minimum Gasteiger partial charge on any atom is -0.348 e. The van der Waals surface area contributed by atoms with E-state index in [1.165, 1.54) is 5.56 Å². The molecule has 0 bridgehead atoms. The smallest absolute Gasteiger partial charge is 0.158 e. The van der Waals surface area contributed by atoms with Gasteiger partial charge >= 0.3 is 0 Å². The number of ether oxygens (including phenoxy) is 2. The second-order valence-corrected chi connectivity index (χ2v) is 4.64. The van der Waals surface area contributed by atoms with E-state index in [1.807, 2.05) is 18.2 Å². The monoisotopic (exact) mass is 206 g/mol. The van der Waals surface area contributed by atoms with Crippen molar-refractivity contribution < 1.29 is 9.47 Å². The SMILES string of the molecule is CC1(C)CCC(OCc2ccccc2)O1. The summed E-state index contributed by atoms with van der Waals surface area (Å²) in [4.78, 5) is 0. The lowest BCUT2D eigenvalue weighted by Crippen LogP contribution is -2.21. The molecule has 82 valence electrons. The van der Waals surface area contributed by atoms with Crippen molar-refractivity contribution in [3.8, 4) is 0 Å². The van der Waals surface area contributed by atoms with Gasteiger partial charge in [-0.25, -0.2) is 0 Å². The number of hydrogen-bond acceptors (Lipinski definition) is 2. The maximum atomic E-state index is 5.75. The fourth-order valence-electron chi connectivity index (χ4n) is 1.82. The van der Waals surface area contributed by atoms with Crippen molar-refractivity contribution in [2.75, 3.05) is 0 Å². The van der Waals surface area contributed by atoms with E-state index in [0.29, 0.717) is 6.61 Å².